The molecule has 1 unspecified atom stereocenters. The van der Waals surface area contributed by atoms with Crippen molar-refractivity contribution in [3.8, 4) is 0 Å². The zero-order valence-electron chi connectivity index (χ0n) is 13.7. The summed E-state index contributed by atoms with van der Waals surface area (Å²) in [7, 11) is 0. The zero-order valence-corrected chi connectivity index (χ0v) is 13.7. The number of nitrogens with zero attached hydrogens (tertiary/aromatic N) is 2. The van der Waals surface area contributed by atoms with Gasteiger partial charge in [-0.2, -0.15) is 0 Å². The Morgan fingerprint density at radius 2 is 1.45 bits per heavy atom. The molecule has 0 heterocycles. The van der Waals surface area contributed by atoms with Gasteiger partial charge in [0.15, 0.2) is 0 Å². The number of hydrogen-bond donors (Lipinski definition) is 1. The number of hydrogen-bond acceptors (Lipinski definition) is 2. The summed E-state index contributed by atoms with van der Waals surface area (Å²) in [5.74, 6) is -0.240. The first kappa shape index (κ1) is 18.7. The average Bonchev–Trinajstić information content (AvgIpc) is 2.32. The Kier molecular flexibility index (Phi) is 8.26. The van der Waals surface area contributed by atoms with Crippen LogP contribution >= 0.6 is 0 Å². The molecule has 0 saturated carbocycles. The van der Waals surface area contributed by atoms with Crippen molar-refractivity contribution >= 4 is 12.0 Å². The monoisotopic (exact) mass is 286 g/mol. The van der Waals surface area contributed by atoms with Gasteiger partial charge in [0.25, 0.3) is 0 Å². The van der Waals surface area contributed by atoms with Gasteiger partial charge in [-0.1, -0.05) is 34.6 Å². The van der Waals surface area contributed by atoms with Gasteiger partial charge in [0.05, 0.1) is 0 Å². The average molecular weight is 286 g/mol. The largest absolute Gasteiger partial charge is 0.480 e. The van der Waals surface area contributed by atoms with Crippen LogP contribution in [-0.2, 0) is 4.79 Å². The van der Waals surface area contributed by atoms with E-state index in [9.17, 15) is 9.59 Å². The molecule has 0 aliphatic carbocycles. The van der Waals surface area contributed by atoms with Crippen molar-refractivity contribution in [2.24, 2.45) is 11.8 Å². The molecule has 0 aliphatic rings. The number of amides is 2. The highest BCUT2D eigenvalue weighted by Gasteiger charge is 2.27. The lowest BCUT2D eigenvalue weighted by molar-refractivity contribution is -0.138. The molecule has 0 fully saturated rings. The van der Waals surface area contributed by atoms with Crippen LogP contribution in [0.2, 0.25) is 0 Å². The highest BCUT2D eigenvalue weighted by atomic mass is 16.4. The van der Waals surface area contributed by atoms with Crippen molar-refractivity contribution in [1.82, 2.24) is 9.80 Å². The van der Waals surface area contributed by atoms with Gasteiger partial charge >= 0.3 is 12.0 Å². The number of carboxylic acids is 1. The molecule has 0 rings (SSSR count). The van der Waals surface area contributed by atoms with Crippen LogP contribution in [0.4, 0.5) is 4.79 Å². The summed E-state index contributed by atoms with van der Waals surface area (Å²) >= 11 is 0. The summed E-state index contributed by atoms with van der Waals surface area (Å²) in [6.45, 7) is 13.2. The standard InChI is InChI=1S/C15H30N2O3/c1-7-13(6)17(10-14(18)19)15(20)16(8-11(2)3)9-12(4)5/h11-13H,7-10H2,1-6H3,(H,18,19). The fourth-order valence-corrected chi connectivity index (χ4v) is 2.07. The van der Waals surface area contributed by atoms with E-state index in [0.717, 1.165) is 6.42 Å². The number of carbonyl (C=O) groups is 2. The van der Waals surface area contributed by atoms with Gasteiger partial charge in [0.1, 0.15) is 6.54 Å². The Bertz CT molecular complexity index is 306. The summed E-state index contributed by atoms with van der Waals surface area (Å²) in [5.41, 5.74) is 0. The van der Waals surface area contributed by atoms with Gasteiger partial charge in [-0.3, -0.25) is 4.79 Å². The molecule has 0 spiro atoms. The maximum absolute atomic E-state index is 12.6. The fourth-order valence-electron chi connectivity index (χ4n) is 2.07. The van der Waals surface area contributed by atoms with Gasteiger partial charge in [-0.25, -0.2) is 4.79 Å². The fraction of sp³-hybridized carbons (Fsp3) is 0.867. The lowest BCUT2D eigenvalue weighted by Crippen LogP contribution is -2.51. The van der Waals surface area contributed by atoms with Crippen molar-refractivity contribution in [3.05, 3.63) is 0 Å². The third-order valence-corrected chi connectivity index (χ3v) is 3.12. The Morgan fingerprint density at radius 3 is 1.75 bits per heavy atom. The first-order valence-electron chi connectivity index (χ1n) is 7.46. The van der Waals surface area contributed by atoms with Crippen molar-refractivity contribution < 1.29 is 14.7 Å². The SMILES string of the molecule is CCC(C)N(CC(=O)O)C(=O)N(CC(C)C)CC(C)C. The second-order valence-corrected chi connectivity index (χ2v) is 6.25. The molecule has 1 N–H and O–H groups in total. The Labute approximate surface area is 122 Å². The molecule has 0 radical (unpaired) electrons. The van der Waals surface area contributed by atoms with Crippen molar-refractivity contribution in [2.45, 2.75) is 54.0 Å². The normalized spacial score (nSPS) is 12.6. The molecule has 20 heavy (non-hydrogen) atoms. The smallest absolute Gasteiger partial charge is 0.323 e. The third-order valence-electron chi connectivity index (χ3n) is 3.12. The summed E-state index contributed by atoms with van der Waals surface area (Å²) < 4.78 is 0. The van der Waals surface area contributed by atoms with E-state index in [2.05, 4.69) is 27.7 Å². The zero-order chi connectivity index (χ0) is 15.9. The summed E-state index contributed by atoms with van der Waals surface area (Å²) in [4.78, 5) is 26.9. The third kappa shape index (κ3) is 6.78. The number of urea groups is 1. The van der Waals surface area contributed by atoms with Crippen LogP contribution in [0, 0.1) is 11.8 Å². The second kappa shape index (κ2) is 8.82. The molecule has 0 bridgehead atoms. The number of rotatable bonds is 8. The molecule has 1 atom stereocenters. The number of carbonyl (C=O) groups excluding carboxylic acids is 1. The van der Waals surface area contributed by atoms with Crippen molar-refractivity contribution in [3.63, 3.8) is 0 Å². The van der Waals surface area contributed by atoms with Crippen molar-refractivity contribution in [1.29, 1.82) is 0 Å². The lowest BCUT2D eigenvalue weighted by atomic mass is 10.1. The molecule has 2 amide bonds. The predicted molar refractivity (Wildman–Crippen MR) is 80.7 cm³/mol. The van der Waals surface area contributed by atoms with Crippen LogP contribution in [0.1, 0.15) is 48.0 Å². The molecule has 5 nitrogen and oxygen atoms in total. The minimum atomic E-state index is -0.965. The minimum absolute atomic E-state index is 0.0691. The van der Waals surface area contributed by atoms with E-state index in [4.69, 9.17) is 5.11 Å². The van der Waals surface area contributed by atoms with E-state index in [1.54, 1.807) is 4.90 Å². The summed E-state index contributed by atoms with van der Waals surface area (Å²) in [5, 5.41) is 9.01. The van der Waals surface area contributed by atoms with E-state index in [1.807, 2.05) is 13.8 Å². The summed E-state index contributed by atoms with van der Waals surface area (Å²) in [6.07, 6.45) is 0.746. The Hall–Kier alpha value is -1.26. The first-order valence-corrected chi connectivity index (χ1v) is 7.46. The quantitative estimate of drug-likeness (QED) is 0.746. The topological polar surface area (TPSA) is 60.9 Å². The number of carboxylic acid groups (broad SMARTS) is 1. The van der Waals surface area contributed by atoms with E-state index >= 15 is 0 Å². The predicted octanol–water partition coefficient (Wildman–Crippen LogP) is 2.91. The Balaban J connectivity index is 5.06. The van der Waals surface area contributed by atoms with Crippen LogP contribution < -0.4 is 0 Å². The maximum atomic E-state index is 12.6. The molecule has 0 aliphatic heterocycles. The van der Waals surface area contributed by atoms with Crippen LogP contribution in [0.25, 0.3) is 0 Å². The van der Waals surface area contributed by atoms with E-state index < -0.39 is 5.97 Å². The van der Waals surface area contributed by atoms with Gasteiger partial charge in [-0.15, -0.1) is 0 Å². The lowest BCUT2D eigenvalue weighted by Gasteiger charge is -2.35. The van der Waals surface area contributed by atoms with Crippen LogP contribution in [0.15, 0.2) is 0 Å². The van der Waals surface area contributed by atoms with Crippen LogP contribution in [-0.4, -0.2) is 52.6 Å². The molecule has 0 aromatic carbocycles. The van der Waals surface area contributed by atoms with Crippen molar-refractivity contribution in [2.75, 3.05) is 19.6 Å². The van der Waals surface area contributed by atoms with Gasteiger partial charge in [0, 0.05) is 19.1 Å². The second-order valence-electron chi connectivity index (χ2n) is 6.25. The van der Waals surface area contributed by atoms with E-state index in [1.165, 1.54) is 4.90 Å². The first-order chi connectivity index (χ1) is 9.18. The minimum Gasteiger partial charge on any atom is -0.480 e. The van der Waals surface area contributed by atoms with Gasteiger partial charge in [0.2, 0.25) is 0 Å². The van der Waals surface area contributed by atoms with Gasteiger partial charge < -0.3 is 14.9 Å². The molecule has 0 saturated heterocycles. The molecule has 5 heteroatoms. The molecule has 118 valence electrons. The van der Waals surface area contributed by atoms with Crippen LogP contribution in [0.5, 0.6) is 0 Å². The number of aliphatic carboxylic acids is 1. The Morgan fingerprint density at radius 1 is 1.00 bits per heavy atom. The highest BCUT2D eigenvalue weighted by Crippen LogP contribution is 2.12. The van der Waals surface area contributed by atoms with Crippen LogP contribution in [0.3, 0.4) is 0 Å². The highest BCUT2D eigenvalue weighted by molar-refractivity contribution is 5.80. The van der Waals surface area contributed by atoms with E-state index in [-0.39, 0.29) is 18.6 Å². The van der Waals surface area contributed by atoms with Gasteiger partial charge in [-0.05, 0) is 25.2 Å². The molecular weight excluding hydrogens is 256 g/mol. The molecule has 0 aromatic rings. The summed E-state index contributed by atoms with van der Waals surface area (Å²) in [6, 6.07) is -0.232. The molecule has 0 aromatic heterocycles. The molecular formula is C15H30N2O3. The maximum Gasteiger partial charge on any atom is 0.323 e. The van der Waals surface area contributed by atoms with E-state index in [0.29, 0.717) is 24.9 Å².